The van der Waals surface area contributed by atoms with Gasteiger partial charge in [-0.1, -0.05) is 6.92 Å². The Labute approximate surface area is 89.6 Å². The van der Waals surface area contributed by atoms with E-state index in [9.17, 15) is 0 Å². The number of rotatable bonds is 4. The standard InChI is InChI=1S/C11H15N3O/c1-8(7-15)6-14-11-10(5-12)9(2)3-4-13-11/h3-4,8,15H,6-7H2,1-2H3,(H,13,14). The monoisotopic (exact) mass is 205 g/mol. The molecule has 1 aromatic rings. The third-order valence-electron chi connectivity index (χ3n) is 2.20. The summed E-state index contributed by atoms with van der Waals surface area (Å²) in [6.45, 7) is 4.54. The van der Waals surface area contributed by atoms with E-state index in [4.69, 9.17) is 10.4 Å². The van der Waals surface area contributed by atoms with Crippen LogP contribution in [0.4, 0.5) is 5.82 Å². The number of aliphatic hydroxyl groups is 1. The molecule has 0 aromatic carbocycles. The van der Waals surface area contributed by atoms with E-state index in [1.54, 1.807) is 12.3 Å². The van der Waals surface area contributed by atoms with Gasteiger partial charge in [-0.3, -0.25) is 0 Å². The highest BCUT2D eigenvalue weighted by Crippen LogP contribution is 2.15. The predicted molar refractivity (Wildman–Crippen MR) is 58.4 cm³/mol. The quantitative estimate of drug-likeness (QED) is 0.777. The molecule has 0 bridgehead atoms. The van der Waals surface area contributed by atoms with Crippen molar-refractivity contribution in [3.05, 3.63) is 23.4 Å². The van der Waals surface area contributed by atoms with Crippen LogP contribution in [-0.4, -0.2) is 23.2 Å². The first-order valence-electron chi connectivity index (χ1n) is 4.89. The van der Waals surface area contributed by atoms with Gasteiger partial charge in [0.25, 0.3) is 0 Å². The second kappa shape index (κ2) is 5.32. The Morgan fingerprint density at radius 3 is 3.00 bits per heavy atom. The average molecular weight is 205 g/mol. The molecule has 0 aliphatic carbocycles. The van der Waals surface area contributed by atoms with Crippen molar-refractivity contribution in [2.45, 2.75) is 13.8 Å². The number of aryl methyl sites for hydroxylation is 1. The maximum absolute atomic E-state index is 8.94. The van der Waals surface area contributed by atoms with Crippen LogP contribution < -0.4 is 5.32 Å². The Bertz CT molecular complexity index is 371. The molecule has 2 N–H and O–H groups in total. The number of nitrogens with zero attached hydrogens (tertiary/aromatic N) is 2. The molecule has 0 radical (unpaired) electrons. The molecular formula is C11H15N3O. The van der Waals surface area contributed by atoms with E-state index in [1.807, 2.05) is 13.8 Å². The number of nitrogens with one attached hydrogen (secondary N) is 1. The van der Waals surface area contributed by atoms with Gasteiger partial charge in [0.1, 0.15) is 11.9 Å². The van der Waals surface area contributed by atoms with Crippen LogP contribution in [0.2, 0.25) is 0 Å². The van der Waals surface area contributed by atoms with Crippen LogP contribution in [0.15, 0.2) is 12.3 Å². The second-order valence-corrected chi connectivity index (χ2v) is 3.63. The van der Waals surface area contributed by atoms with Gasteiger partial charge in [-0.05, 0) is 24.5 Å². The van der Waals surface area contributed by atoms with Crippen LogP contribution in [0.1, 0.15) is 18.1 Å². The smallest absolute Gasteiger partial charge is 0.144 e. The van der Waals surface area contributed by atoms with Crippen molar-refractivity contribution in [3.8, 4) is 6.07 Å². The topological polar surface area (TPSA) is 68.9 Å². The Morgan fingerprint density at radius 2 is 2.40 bits per heavy atom. The van der Waals surface area contributed by atoms with Crippen molar-refractivity contribution in [1.82, 2.24) is 4.98 Å². The van der Waals surface area contributed by atoms with Crippen LogP contribution in [0.3, 0.4) is 0 Å². The highest BCUT2D eigenvalue weighted by atomic mass is 16.3. The molecule has 1 unspecified atom stereocenters. The molecule has 0 saturated heterocycles. The molecule has 0 saturated carbocycles. The van der Waals surface area contributed by atoms with Gasteiger partial charge in [-0.15, -0.1) is 0 Å². The molecule has 1 rings (SSSR count). The zero-order valence-electron chi connectivity index (χ0n) is 8.99. The average Bonchev–Trinajstić information content (AvgIpc) is 2.25. The molecule has 1 atom stereocenters. The number of anilines is 1. The molecular weight excluding hydrogens is 190 g/mol. The van der Waals surface area contributed by atoms with Crippen LogP contribution in [0.5, 0.6) is 0 Å². The first kappa shape index (κ1) is 11.5. The SMILES string of the molecule is Cc1ccnc(NCC(C)CO)c1C#N. The molecule has 80 valence electrons. The van der Waals surface area contributed by atoms with E-state index in [0.717, 1.165) is 5.56 Å². The fourth-order valence-electron chi connectivity index (χ4n) is 1.17. The third-order valence-corrected chi connectivity index (χ3v) is 2.20. The van der Waals surface area contributed by atoms with Gasteiger partial charge < -0.3 is 10.4 Å². The van der Waals surface area contributed by atoms with Crippen molar-refractivity contribution in [2.24, 2.45) is 5.92 Å². The van der Waals surface area contributed by atoms with Crippen LogP contribution in [-0.2, 0) is 0 Å². The Hall–Kier alpha value is -1.60. The number of pyridine rings is 1. The lowest BCUT2D eigenvalue weighted by molar-refractivity contribution is 0.244. The predicted octanol–water partition coefficient (Wildman–Crippen LogP) is 1.30. The van der Waals surface area contributed by atoms with E-state index in [2.05, 4.69) is 16.4 Å². The Balaban J connectivity index is 2.77. The largest absolute Gasteiger partial charge is 0.396 e. The second-order valence-electron chi connectivity index (χ2n) is 3.63. The number of hydrogen-bond donors (Lipinski definition) is 2. The van der Waals surface area contributed by atoms with Crippen LogP contribution in [0, 0.1) is 24.2 Å². The summed E-state index contributed by atoms with van der Waals surface area (Å²) in [5, 5.41) is 20.9. The highest BCUT2D eigenvalue weighted by Gasteiger charge is 2.07. The van der Waals surface area contributed by atoms with Gasteiger partial charge in [0, 0.05) is 19.3 Å². The van der Waals surface area contributed by atoms with Crippen LogP contribution in [0.25, 0.3) is 0 Å². The van der Waals surface area contributed by atoms with E-state index >= 15 is 0 Å². The van der Waals surface area contributed by atoms with Crippen molar-refractivity contribution >= 4 is 5.82 Å². The molecule has 4 nitrogen and oxygen atoms in total. The van der Waals surface area contributed by atoms with E-state index in [0.29, 0.717) is 17.9 Å². The summed E-state index contributed by atoms with van der Waals surface area (Å²) < 4.78 is 0. The Kier molecular flexibility index (Phi) is 4.07. The fraction of sp³-hybridized carbons (Fsp3) is 0.455. The van der Waals surface area contributed by atoms with E-state index in [-0.39, 0.29) is 12.5 Å². The zero-order valence-corrected chi connectivity index (χ0v) is 8.99. The van der Waals surface area contributed by atoms with Crippen molar-refractivity contribution in [2.75, 3.05) is 18.5 Å². The van der Waals surface area contributed by atoms with Gasteiger partial charge in [-0.2, -0.15) is 5.26 Å². The molecule has 1 aromatic heterocycles. The summed E-state index contributed by atoms with van der Waals surface area (Å²) in [6.07, 6.45) is 1.67. The summed E-state index contributed by atoms with van der Waals surface area (Å²) in [5.41, 5.74) is 1.48. The minimum absolute atomic E-state index is 0.126. The van der Waals surface area contributed by atoms with Gasteiger partial charge >= 0.3 is 0 Å². The Morgan fingerprint density at radius 1 is 1.67 bits per heavy atom. The van der Waals surface area contributed by atoms with Gasteiger partial charge in [0.15, 0.2) is 0 Å². The maximum atomic E-state index is 8.94. The van der Waals surface area contributed by atoms with Gasteiger partial charge in [-0.25, -0.2) is 4.98 Å². The van der Waals surface area contributed by atoms with Crippen molar-refractivity contribution in [1.29, 1.82) is 5.26 Å². The fourth-order valence-corrected chi connectivity index (χ4v) is 1.17. The summed E-state index contributed by atoms with van der Waals surface area (Å²) in [6, 6.07) is 3.92. The number of aliphatic hydroxyl groups excluding tert-OH is 1. The number of hydrogen-bond acceptors (Lipinski definition) is 4. The number of nitriles is 1. The third kappa shape index (κ3) is 2.93. The van der Waals surface area contributed by atoms with Gasteiger partial charge in [0.2, 0.25) is 0 Å². The maximum Gasteiger partial charge on any atom is 0.144 e. The summed E-state index contributed by atoms with van der Waals surface area (Å²) in [4.78, 5) is 4.10. The lowest BCUT2D eigenvalue weighted by Gasteiger charge is -2.11. The molecule has 15 heavy (non-hydrogen) atoms. The molecule has 0 aliphatic rings. The van der Waals surface area contributed by atoms with Crippen LogP contribution >= 0.6 is 0 Å². The molecule has 0 aliphatic heterocycles. The normalized spacial score (nSPS) is 11.9. The van der Waals surface area contributed by atoms with E-state index in [1.165, 1.54) is 0 Å². The lowest BCUT2D eigenvalue weighted by atomic mass is 10.1. The highest BCUT2D eigenvalue weighted by molar-refractivity contribution is 5.55. The first-order valence-corrected chi connectivity index (χ1v) is 4.89. The van der Waals surface area contributed by atoms with Crippen molar-refractivity contribution < 1.29 is 5.11 Å². The summed E-state index contributed by atoms with van der Waals surface area (Å²) in [5.74, 6) is 0.747. The van der Waals surface area contributed by atoms with Gasteiger partial charge in [0.05, 0.1) is 5.56 Å². The minimum atomic E-state index is 0.126. The molecule has 0 fully saturated rings. The molecule has 0 spiro atoms. The molecule has 4 heteroatoms. The number of aromatic nitrogens is 1. The summed E-state index contributed by atoms with van der Waals surface area (Å²) in [7, 11) is 0. The lowest BCUT2D eigenvalue weighted by Crippen LogP contribution is -2.16. The van der Waals surface area contributed by atoms with Crippen molar-refractivity contribution in [3.63, 3.8) is 0 Å². The zero-order chi connectivity index (χ0) is 11.3. The summed E-state index contributed by atoms with van der Waals surface area (Å²) >= 11 is 0. The van der Waals surface area contributed by atoms with E-state index < -0.39 is 0 Å². The molecule has 0 amide bonds. The first-order chi connectivity index (χ1) is 7.19. The minimum Gasteiger partial charge on any atom is -0.396 e. The molecule has 1 heterocycles.